The van der Waals surface area contributed by atoms with E-state index in [1.165, 1.54) is 30.0 Å². The molecule has 2 aromatic heterocycles. The zero-order valence-corrected chi connectivity index (χ0v) is 16.7. The molecule has 0 saturated carbocycles. The van der Waals surface area contributed by atoms with Crippen molar-refractivity contribution in [3.8, 4) is 0 Å². The second kappa shape index (κ2) is 7.59. The molecule has 1 aromatic carbocycles. The Morgan fingerprint density at radius 2 is 2.00 bits per heavy atom. The maximum atomic E-state index is 13.9. The van der Waals surface area contributed by atoms with Crippen molar-refractivity contribution in [2.24, 2.45) is 25.1 Å². The minimum atomic E-state index is -0.509. The van der Waals surface area contributed by atoms with E-state index in [-0.39, 0.29) is 28.1 Å². The molecule has 1 N–H and O–H groups in total. The largest absolute Gasteiger partial charge is 0.332 e. The van der Waals surface area contributed by atoms with Gasteiger partial charge in [0.15, 0.2) is 11.2 Å². The molecule has 0 aliphatic carbocycles. The van der Waals surface area contributed by atoms with Crippen molar-refractivity contribution in [3.63, 3.8) is 0 Å². The normalized spacial score (nSPS) is 11.8. The minimum Gasteiger partial charge on any atom is -0.303 e. The van der Waals surface area contributed by atoms with Crippen LogP contribution in [0.3, 0.4) is 0 Å². The molecule has 0 fully saturated rings. The van der Waals surface area contributed by atoms with Crippen molar-refractivity contribution >= 4 is 34.9 Å². The number of hydrogen-bond donors (Lipinski definition) is 1. The maximum absolute atomic E-state index is 13.9. The summed E-state index contributed by atoms with van der Waals surface area (Å²) in [5.74, 6) is -0.0411. The molecule has 10 heteroatoms. The molecule has 0 amide bonds. The number of fused-ring (bicyclic) bond motifs is 1. The summed E-state index contributed by atoms with van der Waals surface area (Å²) < 4.78 is 17.9. The third-order valence-corrected chi connectivity index (χ3v) is 4.58. The van der Waals surface area contributed by atoms with E-state index in [1.54, 1.807) is 17.7 Å². The Balaban J connectivity index is 2.11. The van der Waals surface area contributed by atoms with Crippen LogP contribution in [0.5, 0.6) is 0 Å². The van der Waals surface area contributed by atoms with Crippen LogP contribution in [0, 0.1) is 11.7 Å². The first-order chi connectivity index (χ1) is 13.2. The van der Waals surface area contributed by atoms with E-state index in [1.807, 2.05) is 13.8 Å². The highest BCUT2D eigenvalue weighted by Gasteiger charge is 2.19. The van der Waals surface area contributed by atoms with Crippen molar-refractivity contribution in [2.75, 3.05) is 5.43 Å². The Bertz CT molecular complexity index is 1170. The van der Waals surface area contributed by atoms with Gasteiger partial charge in [-0.25, -0.2) is 14.6 Å². The van der Waals surface area contributed by atoms with Gasteiger partial charge in [-0.15, -0.1) is 0 Å². The van der Waals surface area contributed by atoms with Crippen LogP contribution >= 0.6 is 11.6 Å². The first kappa shape index (κ1) is 19.8. The van der Waals surface area contributed by atoms with Crippen LogP contribution in [-0.2, 0) is 20.6 Å². The number of nitrogens with one attached hydrogen (secondary N) is 1. The van der Waals surface area contributed by atoms with E-state index in [4.69, 9.17) is 11.6 Å². The molecule has 2 heterocycles. The lowest BCUT2D eigenvalue weighted by molar-refractivity contribution is 0.534. The molecule has 3 aromatic rings. The highest BCUT2D eigenvalue weighted by Crippen LogP contribution is 2.19. The van der Waals surface area contributed by atoms with Crippen molar-refractivity contribution in [3.05, 3.63) is 55.4 Å². The molecule has 0 atom stereocenters. The van der Waals surface area contributed by atoms with Gasteiger partial charge >= 0.3 is 5.69 Å². The number of rotatable bonds is 5. The van der Waals surface area contributed by atoms with Crippen LogP contribution in [0.2, 0.25) is 5.02 Å². The predicted molar refractivity (Wildman–Crippen MR) is 108 cm³/mol. The fourth-order valence-electron chi connectivity index (χ4n) is 2.86. The Kier molecular flexibility index (Phi) is 5.37. The van der Waals surface area contributed by atoms with Crippen molar-refractivity contribution in [2.45, 2.75) is 20.4 Å². The van der Waals surface area contributed by atoms with E-state index in [2.05, 4.69) is 15.5 Å². The molecule has 0 aliphatic heterocycles. The van der Waals surface area contributed by atoms with Crippen LogP contribution < -0.4 is 16.7 Å². The van der Waals surface area contributed by atoms with Gasteiger partial charge < -0.3 is 4.57 Å². The summed E-state index contributed by atoms with van der Waals surface area (Å²) in [4.78, 5) is 29.2. The van der Waals surface area contributed by atoms with Gasteiger partial charge in [0.1, 0.15) is 5.82 Å². The molecule has 148 valence electrons. The molecule has 28 heavy (non-hydrogen) atoms. The van der Waals surface area contributed by atoms with Gasteiger partial charge in [-0.05, 0) is 18.1 Å². The topological polar surface area (TPSA) is 86.2 Å². The van der Waals surface area contributed by atoms with E-state index in [0.717, 1.165) is 4.57 Å². The molecule has 0 bridgehead atoms. The first-order valence-electron chi connectivity index (χ1n) is 8.61. The highest BCUT2D eigenvalue weighted by molar-refractivity contribution is 6.33. The zero-order valence-electron chi connectivity index (χ0n) is 15.9. The van der Waals surface area contributed by atoms with Crippen LogP contribution in [-0.4, -0.2) is 24.9 Å². The van der Waals surface area contributed by atoms with Gasteiger partial charge in [0, 0.05) is 26.2 Å². The van der Waals surface area contributed by atoms with Crippen molar-refractivity contribution in [1.29, 1.82) is 0 Å². The van der Waals surface area contributed by atoms with Gasteiger partial charge in [0.05, 0.1) is 11.2 Å². The number of hydrogen-bond acceptors (Lipinski definition) is 5. The van der Waals surface area contributed by atoms with Crippen molar-refractivity contribution in [1.82, 2.24) is 18.7 Å². The SMILES string of the molecule is CC(C)Cn1c(NN=Cc2c(F)cccc2Cl)nc2c1c(=O)n(C)c(=O)n2C. The quantitative estimate of drug-likeness (QED) is 0.520. The first-order valence-corrected chi connectivity index (χ1v) is 8.99. The number of benzene rings is 1. The Morgan fingerprint density at radius 1 is 1.29 bits per heavy atom. The lowest BCUT2D eigenvalue weighted by Crippen LogP contribution is -2.37. The zero-order chi connectivity index (χ0) is 20.6. The summed E-state index contributed by atoms with van der Waals surface area (Å²) in [7, 11) is 2.96. The molecular weight excluding hydrogens is 387 g/mol. The fraction of sp³-hybridized carbons (Fsp3) is 0.333. The summed E-state index contributed by atoms with van der Waals surface area (Å²) in [5.41, 5.74) is 2.49. The molecule has 8 nitrogen and oxygen atoms in total. The van der Waals surface area contributed by atoms with Crippen LogP contribution in [0.15, 0.2) is 32.9 Å². The average Bonchev–Trinajstić information content (AvgIpc) is 2.98. The lowest BCUT2D eigenvalue weighted by Gasteiger charge is -2.11. The number of halogens is 2. The molecule has 3 rings (SSSR count). The average molecular weight is 407 g/mol. The molecular formula is C18H20ClFN6O2. The summed E-state index contributed by atoms with van der Waals surface area (Å²) >= 11 is 5.99. The number of nitrogens with zero attached hydrogens (tertiary/aromatic N) is 5. The minimum absolute atomic E-state index is 0.131. The van der Waals surface area contributed by atoms with E-state index >= 15 is 0 Å². The second-order valence-corrected chi connectivity index (χ2v) is 7.23. The molecule has 0 aliphatic rings. The second-order valence-electron chi connectivity index (χ2n) is 6.82. The maximum Gasteiger partial charge on any atom is 0.332 e. The molecule has 0 radical (unpaired) electrons. The molecule has 0 saturated heterocycles. The van der Waals surface area contributed by atoms with Gasteiger partial charge in [-0.1, -0.05) is 31.5 Å². The number of imidazole rings is 1. The number of anilines is 1. The Labute approximate surface area is 164 Å². The van der Waals surface area contributed by atoms with Crippen LogP contribution in [0.25, 0.3) is 11.2 Å². The monoisotopic (exact) mass is 406 g/mol. The fourth-order valence-corrected chi connectivity index (χ4v) is 3.08. The smallest absolute Gasteiger partial charge is 0.303 e. The number of aryl methyl sites for hydroxylation is 1. The van der Waals surface area contributed by atoms with E-state index in [9.17, 15) is 14.0 Å². The standard InChI is InChI=1S/C18H20ClFN6O2/c1-10(2)9-26-14-15(24(3)18(28)25(4)16(14)27)22-17(26)23-21-8-11-12(19)6-5-7-13(11)20/h5-8,10H,9H2,1-4H3,(H,22,23). The van der Waals surface area contributed by atoms with Crippen molar-refractivity contribution < 1.29 is 4.39 Å². The summed E-state index contributed by atoms with van der Waals surface area (Å²) in [5, 5.41) is 4.24. The van der Waals surface area contributed by atoms with Gasteiger partial charge in [-0.3, -0.25) is 13.9 Å². The van der Waals surface area contributed by atoms with Crippen LogP contribution in [0.4, 0.5) is 10.3 Å². The van der Waals surface area contributed by atoms with Gasteiger partial charge in [0.25, 0.3) is 5.56 Å². The van der Waals surface area contributed by atoms with Gasteiger partial charge in [0.2, 0.25) is 5.95 Å². The lowest BCUT2D eigenvalue weighted by atomic mass is 10.2. The van der Waals surface area contributed by atoms with Gasteiger partial charge in [-0.2, -0.15) is 10.1 Å². The Hall–Kier alpha value is -2.94. The van der Waals surface area contributed by atoms with E-state index < -0.39 is 17.1 Å². The summed E-state index contributed by atoms with van der Waals surface area (Å²) in [6.45, 7) is 4.46. The highest BCUT2D eigenvalue weighted by atomic mass is 35.5. The van der Waals surface area contributed by atoms with Crippen LogP contribution in [0.1, 0.15) is 19.4 Å². The Morgan fingerprint density at radius 3 is 2.64 bits per heavy atom. The third kappa shape index (κ3) is 3.45. The molecule has 0 spiro atoms. The predicted octanol–water partition coefficient (Wildman–Crippen LogP) is 2.33. The number of aromatic nitrogens is 4. The molecule has 0 unspecified atom stereocenters. The summed E-state index contributed by atoms with van der Waals surface area (Å²) in [6.07, 6.45) is 1.24. The van der Waals surface area contributed by atoms with E-state index in [0.29, 0.717) is 12.1 Å². The number of hydrazone groups is 1. The third-order valence-electron chi connectivity index (χ3n) is 4.25. The summed E-state index contributed by atoms with van der Waals surface area (Å²) in [6, 6.07) is 4.33.